The predicted molar refractivity (Wildman–Crippen MR) is 91.4 cm³/mol. The summed E-state index contributed by atoms with van der Waals surface area (Å²) in [6.07, 6.45) is 2.16. The molecule has 8 heteroatoms. The second-order valence-electron chi connectivity index (χ2n) is 5.50. The number of nitrogens with zero attached hydrogens (tertiary/aromatic N) is 3. The van der Waals surface area contributed by atoms with Crippen LogP contribution in [0.25, 0.3) is 0 Å². The lowest BCUT2D eigenvalue weighted by molar-refractivity contribution is -0.139. The van der Waals surface area contributed by atoms with Gasteiger partial charge in [-0.15, -0.1) is 10.2 Å². The zero-order valence-corrected chi connectivity index (χ0v) is 15.0. The van der Waals surface area contributed by atoms with Crippen LogP contribution < -0.4 is 4.74 Å². The summed E-state index contributed by atoms with van der Waals surface area (Å²) < 4.78 is 12.6. The summed E-state index contributed by atoms with van der Waals surface area (Å²) in [6, 6.07) is 7.69. The first-order valence-corrected chi connectivity index (χ1v) is 8.91. The van der Waals surface area contributed by atoms with Gasteiger partial charge in [-0.1, -0.05) is 35.5 Å². The number of rotatable bonds is 7. The van der Waals surface area contributed by atoms with Crippen molar-refractivity contribution in [2.24, 2.45) is 0 Å². The van der Waals surface area contributed by atoms with Gasteiger partial charge in [0.25, 0.3) is 0 Å². The number of thioether (sulfide) groups is 1. The van der Waals surface area contributed by atoms with E-state index in [0.717, 1.165) is 18.7 Å². The first-order valence-electron chi connectivity index (χ1n) is 7.65. The maximum Gasteiger partial charge on any atom is 0.318 e. The van der Waals surface area contributed by atoms with Gasteiger partial charge in [-0.25, -0.2) is 0 Å². The Hall–Kier alpha value is -1.73. The van der Waals surface area contributed by atoms with Crippen molar-refractivity contribution in [2.75, 3.05) is 7.11 Å². The molecule has 1 aliphatic carbocycles. The molecule has 1 saturated carbocycles. The molecule has 1 heterocycles. The summed E-state index contributed by atoms with van der Waals surface area (Å²) in [4.78, 5) is 11.6. The number of ether oxygens (including phenoxy) is 2. The smallest absolute Gasteiger partial charge is 0.318 e. The Balaban J connectivity index is 1.74. The highest BCUT2D eigenvalue weighted by molar-refractivity contribution is 8.00. The SMILES string of the molecule is COC(=O)[C@H](C)Sc1nnc(COc2ccccc2Cl)n1C1CC1. The van der Waals surface area contributed by atoms with Crippen molar-refractivity contribution in [2.45, 2.75) is 42.8 Å². The van der Waals surface area contributed by atoms with Crippen LogP contribution in [0.2, 0.25) is 5.02 Å². The molecule has 0 radical (unpaired) electrons. The fourth-order valence-electron chi connectivity index (χ4n) is 2.26. The molecule has 6 nitrogen and oxygen atoms in total. The van der Waals surface area contributed by atoms with E-state index in [4.69, 9.17) is 21.1 Å². The Labute approximate surface area is 149 Å². The normalized spacial score (nSPS) is 15.1. The van der Waals surface area contributed by atoms with Gasteiger partial charge in [-0.2, -0.15) is 0 Å². The van der Waals surface area contributed by atoms with Crippen LogP contribution in [0.4, 0.5) is 0 Å². The third-order valence-electron chi connectivity index (χ3n) is 3.66. The first kappa shape index (κ1) is 17.1. The summed E-state index contributed by atoms with van der Waals surface area (Å²) in [5.74, 6) is 1.07. The molecule has 0 aliphatic heterocycles. The van der Waals surface area contributed by atoms with Crippen molar-refractivity contribution in [1.82, 2.24) is 14.8 Å². The van der Waals surface area contributed by atoms with E-state index in [9.17, 15) is 4.79 Å². The van der Waals surface area contributed by atoms with Crippen LogP contribution in [-0.4, -0.2) is 33.1 Å². The maximum atomic E-state index is 11.6. The third kappa shape index (κ3) is 3.84. The lowest BCUT2D eigenvalue weighted by Crippen LogP contribution is -2.16. The topological polar surface area (TPSA) is 66.2 Å². The number of esters is 1. The number of hydrogen-bond donors (Lipinski definition) is 0. The molecule has 24 heavy (non-hydrogen) atoms. The molecule has 1 fully saturated rings. The second kappa shape index (κ2) is 7.44. The molecule has 0 unspecified atom stereocenters. The summed E-state index contributed by atoms with van der Waals surface area (Å²) in [5.41, 5.74) is 0. The molecular weight excluding hydrogens is 350 g/mol. The number of carbonyl (C=O) groups excluding carboxylic acids is 1. The summed E-state index contributed by atoms with van der Waals surface area (Å²) >= 11 is 7.46. The lowest BCUT2D eigenvalue weighted by Gasteiger charge is -2.12. The van der Waals surface area contributed by atoms with Crippen LogP contribution in [0.5, 0.6) is 5.75 Å². The molecule has 128 valence electrons. The molecule has 3 rings (SSSR count). The lowest BCUT2D eigenvalue weighted by atomic mass is 10.3. The molecule has 1 atom stereocenters. The Bertz CT molecular complexity index is 733. The van der Waals surface area contributed by atoms with Gasteiger partial charge < -0.3 is 9.47 Å². The number of hydrogen-bond acceptors (Lipinski definition) is 6. The fraction of sp³-hybridized carbons (Fsp3) is 0.438. The van der Waals surface area contributed by atoms with Crippen LogP contribution in [0.1, 0.15) is 31.6 Å². The van der Waals surface area contributed by atoms with Gasteiger partial charge in [0.2, 0.25) is 0 Å². The average molecular weight is 368 g/mol. The number of methoxy groups -OCH3 is 1. The van der Waals surface area contributed by atoms with E-state index in [1.54, 1.807) is 13.0 Å². The molecule has 1 aliphatic rings. The minimum Gasteiger partial charge on any atom is -0.484 e. The van der Waals surface area contributed by atoms with Crippen molar-refractivity contribution >= 4 is 29.3 Å². The maximum absolute atomic E-state index is 11.6. The number of carbonyl (C=O) groups is 1. The highest BCUT2D eigenvalue weighted by atomic mass is 35.5. The number of benzene rings is 1. The van der Waals surface area contributed by atoms with Crippen LogP contribution in [0.15, 0.2) is 29.4 Å². The third-order valence-corrected chi connectivity index (χ3v) is 5.00. The quantitative estimate of drug-likeness (QED) is 0.551. The van der Waals surface area contributed by atoms with E-state index in [1.165, 1.54) is 18.9 Å². The molecule has 1 aromatic carbocycles. The van der Waals surface area contributed by atoms with Gasteiger partial charge in [-0.3, -0.25) is 9.36 Å². The van der Waals surface area contributed by atoms with Gasteiger partial charge in [0.15, 0.2) is 11.0 Å². The Morgan fingerprint density at radius 3 is 2.83 bits per heavy atom. The van der Waals surface area contributed by atoms with Gasteiger partial charge in [0, 0.05) is 6.04 Å². The molecular formula is C16H18ClN3O3S. The van der Waals surface area contributed by atoms with E-state index in [2.05, 4.69) is 14.8 Å². The minimum absolute atomic E-state index is 0.278. The molecule has 0 bridgehead atoms. The van der Waals surface area contributed by atoms with Crippen molar-refractivity contribution in [1.29, 1.82) is 0 Å². The van der Waals surface area contributed by atoms with E-state index < -0.39 is 0 Å². The van der Waals surface area contributed by atoms with Crippen LogP contribution in [0, 0.1) is 0 Å². The zero-order chi connectivity index (χ0) is 17.1. The number of aromatic nitrogens is 3. The number of para-hydroxylation sites is 1. The largest absolute Gasteiger partial charge is 0.484 e. The van der Waals surface area contributed by atoms with Crippen LogP contribution in [0.3, 0.4) is 0 Å². The molecule has 0 N–H and O–H groups in total. The molecule has 0 saturated heterocycles. The minimum atomic E-state index is -0.339. The van der Waals surface area contributed by atoms with Crippen molar-refractivity contribution in [3.05, 3.63) is 35.1 Å². The average Bonchev–Trinajstić information content (AvgIpc) is 3.35. The van der Waals surface area contributed by atoms with E-state index in [-0.39, 0.29) is 17.8 Å². The predicted octanol–water partition coefficient (Wildman–Crippen LogP) is 3.50. The van der Waals surface area contributed by atoms with Gasteiger partial charge in [0.05, 0.1) is 12.1 Å². The van der Waals surface area contributed by atoms with Crippen LogP contribution in [-0.2, 0) is 16.1 Å². The van der Waals surface area contributed by atoms with Crippen molar-refractivity contribution in [3.63, 3.8) is 0 Å². The number of halogens is 1. The molecule has 0 spiro atoms. The molecule has 0 amide bonds. The van der Waals surface area contributed by atoms with E-state index in [1.807, 2.05) is 18.2 Å². The molecule has 1 aromatic heterocycles. The Morgan fingerprint density at radius 2 is 2.17 bits per heavy atom. The molecule has 2 aromatic rings. The summed E-state index contributed by atoms with van der Waals surface area (Å²) in [7, 11) is 1.38. The van der Waals surface area contributed by atoms with E-state index >= 15 is 0 Å². The zero-order valence-electron chi connectivity index (χ0n) is 13.4. The first-order chi connectivity index (χ1) is 11.6. The Kier molecular flexibility index (Phi) is 5.30. The van der Waals surface area contributed by atoms with Crippen molar-refractivity contribution in [3.8, 4) is 5.75 Å². The Morgan fingerprint density at radius 1 is 1.42 bits per heavy atom. The van der Waals surface area contributed by atoms with Crippen LogP contribution >= 0.6 is 23.4 Å². The second-order valence-corrected chi connectivity index (χ2v) is 7.22. The highest BCUT2D eigenvalue weighted by Gasteiger charge is 2.31. The monoisotopic (exact) mass is 367 g/mol. The van der Waals surface area contributed by atoms with E-state index in [0.29, 0.717) is 22.0 Å². The van der Waals surface area contributed by atoms with Gasteiger partial charge >= 0.3 is 5.97 Å². The fourth-order valence-corrected chi connectivity index (χ4v) is 3.42. The van der Waals surface area contributed by atoms with Gasteiger partial charge in [-0.05, 0) is 31.9 Å². The summed E-state index contributed by atoms with van der Waals surface area (Å²) in [6.45, 7) is 2.07. The highest BCUT2D eigenvalue weighted by Crippen LogP contribution is 2.39. The van der Waals surface area contributed by atoms with Crippen molar-refractivity contribution < 1.29 is 14.3 Å². The summed E-state index contributed by atoms with van der Waals surface area (Å²) in [5, 5.41) is 9.39. The van der Waals surface area contributed by atoms with Gasteiger partial charge in [0.1, 0.15) is 17.6 Å². The standard InChI is InChI=1S/C16H18ClN3O3S/c1-10(15(21)22-2)24-16-19-18-14(20(16)11-7-8-11)9-23-13-6-4-3-5-12(13)17/h3-6,10-11H,7-9H2,1-2H3/t10-/m0/s1.